The molecule has 1 aliphatic heterocycles. The first kappa shape index (κ1) is 20.6. The predicted octanol–water partition coefficient (Wildman–Crippen LogP) is 4.46. The summed E-state index contributed by atoms with van der Waals surface area (Å²) in [4.78, 5) is 6.47. The van der Waals surface area contributed by atoms with Crippen molar-refractivity contribution in [2.45, 2.75) is 25.9 Å². The molecular formula is C20H27ClN4S2. The van der Waals surface area contributed by atoms with Crippen LogP contribution in [0, 0.1) is 0 Å². The Labute approximate surface area is 176 Å². The summed E-state index contributed by atoms with van der Waals surface area (Å²) >= 11 is 13.4. The van der Waals surface area contributed by atoms with E-state index >= 15 is 0 Å². The third-order valence-corrected chi connectivity index (χ3v) is 6.40. The van der Waals surface area contributed by atoms with Crippen molar-refractivity contribution in [1.29, 1.82) is 0 Å². The minimum absolute atomic E-state index is 0.191. The van der Waals surface area contributed by atoms with Crippen LogP contribution < -0.4 is 10.6 Å². The Hall–Kier alpha value is -1.18. The summed E-state index contributed by atoms with van der Waals surface area (Å²) in [5.74, 6) is 0. The second-order valence-electron chi connectivity index (χ2n) is 6.83. The number of halogens is 1. The smallest absolute Gasteiger partial charge is 0.171 e. The molecule has 1 aromatic carbocycles. The number of likely N-dealkylation sites (N-methyl/N-ethyl adjacent to an activating group) is 1. The number of anilines is 1. The third kappa shape index (κ3) is 5.65. The molecule has 2 aromatic rings. The van der Waals surface area contributed by atoms with Gasteiger partial charge in [0, 0.05) is 47.8 Å². The van der Waals surface area contributed by atoms with Crippen LogP contribution in [0.2, 0.25) is 5.02 Å². The van der Waals surface area contributed by atoms with E-state index in [1.807, 2.05) is 35.6 Å². The van der Waals surface area contributed by atoms with Crippen molar-refractivity contribution >= 4 is 46.0 Å². The Morgan fingerprint density at radius 3 is 2.63 bits per heavy atom. The molecule has 1 fully saturated rings. The lowest BCUT2D eigenvalue weighted by molar-refractivity contribution is 0.0883. The van der Waals surface area contributed by atoms with Crippen LogP contribution in [0.25, 0.3) is 0 Å². The van der Waals surface area contributed by atoms with E-state index in [-0.39, 0.29) is 6.04 Å². The zero-order valence-corrected chi connectivity index (χ0v) is 18.2. The van der Waals surface area contributed by atoms with Gasteiger partial charge >= 0.3 is 0 Å². The molecule has 2 N–H and O–H groups in total. The van der Waals surface area contributed by atoms with Gasteiger partial charge in [-0.1, -0.05) is 30.7 Å². The van der Waals surface area contributed by atoms with Gasteiger partial charge in [0.2, 0.25) is 0 Å². The summed E-state index contributed by atoms with van der Waals surface area (Å²) in [6.07, 6.45) is 0. The van der Waals surface area contributed by atoms with Gasteiger partial charge in [-0.25, -0.2) is 0 Å². The molecule has 2 atom stereocenters. The molecule has 1 aliphatic rings. The molecule has 2 heterocycles. The predicted molar refractivity (Wildman–Crippen MR) is 121 cm³/mol. The monoisotopic (exact) mass is 422 g/mol. The number of benzene rings is 1. The van der Waals surface area contributed by atoms with Crippen LogP contribution >= 0.6 is 35.2 Å². The van der Waals surface area contributed by atoms with Crippen molar-refractivity contribution in [1.82, 2.24) is 15.1 Å². The fourth-order valence-electron chi connectivity index (χ4n) is 3.58. The summed E-state index contributed by atoms with van der Waals surface area (Å²) in [6, 6.07) is 12.5. The number of rotatable bonds is 6. The van der Waals surface area contributed by atoms with Crippen molar-refractivity contribution in [3.63, 3.8) is 0 Å². The van der Waals surface area contributed by atoms with Crippen LogP contribution in [0.15, 0.2) is 41.8 Å². The molecule has 0 unspecified atom stereocenters. The Morgan fingerprint density at radius 1 is 1.22 bits per heavy atom. The average Bonchev–Trinajstić information content (AvgIpc) is 3.16. The van der Waals surface area contributed by atoms with E-state index in [0.29, 0.717) is 16.2 Å². The number of hydrogen-bond donors (Lipinski definition) is 2. The van der Waals surface area contributed by atoms with E-state index < -0.39 is 0 Å². The van der Waals surface area contributed by atoms with Crippen molar-refractivity contribution in [2.75, 3.05) is 38.0 Å². The summed E-state index contributed by atoms with van der Waals surface area (Å²) in [5.41, 5.74) is 0.899. The summed E-state index contributed by atoms with van der Waals surface area (Å²) in [7, 11) is 0. The van der Waals surface area contributed by atoms with Crippen LogP contribution in [-0.4, -0.2) is 53.7 Å². The maximum atomic E-state index is 6.06. The van der Waals surface area contributed by atoms with Crippen LogP contribution in [0.4, 0.5) is 5.69 Å². The lowest BCUT2D eigenvalue weighted by Gasteiger charge is -2.41. The molecular weight excluding hydrogens is 396 g/mol. The highest BCUT2D eigenvalue weighted by molar-refractivity contribution is 7.80. The molecule has 146 valence electrons. The number of nitrogens with zero attached hydrogens (tertiary/aromatic N) is 2. The minimum atomic E-state index is 0.191. The first-order valence-corrected chi connectivity index (χ1v) is 11.1. The van der Waals surface area contributed by atoms with E-state index in [1.165, 1.54) is 4.88 Å². The molecule has 0 saturated carbocycles. The molecule has 1 saturated heterocycles. The van der Waals surface area contributed by atoms with Gasteiger partial charge in [0.1, 0.15) is 0 Å². The second-order valence-corrected chi connectivity index (χ2v) is 8.65. The van der Waals surface area contributed by atoms with E-state index in [1.54, 1.807) is 0 Å². The topological polar surface area (TPSA) is 30.5 Å². The number of thiocarbonyl (C=S) groups is 1. The van der Waals surface area contributed by atoms with Gasteiger partial charge in [-0.3, -0.25) is 4.90 Å². The maximum Gasteiger partial charge on any atom is 0.171 e. The highest BCUT2D eigenvalue weighted by Crippen LogP contribution is 2.29. The molecule has 4 nitrogen and oxygen atoms in total. The molecule has 0 amide bonds. The Kier molecular flexibility index (Phi) is 7.49. The first-order valence-electron chi connectivity index (χ1n) is 9.39. The van der Waals surface area contributed by atoms with Crippen LogP contribution in [-0.2, 0) is 0 Å². The van der Waals surface area contributed by atoms with Crippen molar-refractivity contribution in [2.24, 2.45) is 0 Å². The standard InChI is InChI=1S/C20H27ClN4S2/c1-3-24-9-11-25(12-10-24)19(18-8-5-13-27-18)15(2)22-20(26)23-17-7-4-6-16(21)14-17/h4-8,13-15,19H,3,9-12H2,1-2H3,(H2,22,23,26)/t15-,19+/m1/s1. The Bertz CT molecular complexity index is 729. The van der Waals surface area contributed by atoms with Gasteiger partial charge in [-0.05, 0) is 55.3 Å². The Balaban J connectivity index is 1.66. The van der Waals surface area contributed by atoms with Gasteiger partial charge < -0.3 is 15.5 Å². The zero-order chi connectivity index (χ0) is 19.2. The fraction of sp³-hybridized carbons (Fsp3) is 0.450. The molecule has 3 rings (SSSR count). The molecule has 0 bridgehead atoms. The molecule has 7 heteroatoms. The number of thiophene rings is 1. The average molecular weight is 423 g/mol. The van der Waals surface area contributed by atoms with Gasteiger partial charge in [0.25, 0.3) is 0 Å². The van der Waals surface area contributed by atoms with Crippen LogP contribution in [0.5, 0.6) is 0 Å². The minimum Gasteiger partial charge on any atom is -0.358 e. The third-order valence-electron chi connectivity index (χ3n) is 5.00. The van der Waals surface area contributed by atoms with Crippen molar-refractivity contribution in [3.8, 4) is 0 Å². The molecule has 0 aliphatic carbocycles. The maximum absolute atomic E-state index is 6.06. The molecule has 1 aromatic heterocycles. The van der Waals surface area contributed by atoms with Crippen LogP contribution in [0.1, 0.15) is 24.8 Å². The number of nitrogens with one attached hydrogen (secondary N) is 2. The van der Waals surface area contributed by atoms with E-state index in [9.17, 15) is 0 Å². The molecule has 27 heavy (non-hydrogen) atoms. The SMILES string of the molecule is CCN1CCN([C@H](c2cccs2)[C@@H](C)NC(=S)Nc2cccc(Cl)c2)CC1. The summed E-state index contributed by atoms with van der Waals surface area (Å²) in [5, 5.41) is 10.2. The Morgan fingerprint density at radius 2 is 2.00 bits per heavy atom. The van der Waals surface area contributed by atoms with E-state index in [2.05, 4.69) is 51.8 Å². The lowest BCUT2D eigenvalue weighted by Crippen LogP contribution is -2.52. The number of hydrogen-bond acceptors (Lipinski definition) is 4. The fourth-order valence-corrected chi connectivity index (χ4v) is 5.04. The molecule has 0 radical (unpaired) electrons. The van der Waals surface area contributed by atoms with Crippen molar-refractivity contribution in [3.05, 3.63) is 51.7 Å². The summed E-state index contributed by atoms with van der Waals surface area (Å²) < 4.78 is 0. The quantitative estimate of drug-likeness (QED) is 0.671. The second kappa shape index (κ2) is 9.85. The van der Waals surface area contributed by atoms with Gasteiger partial charge in [0.05, 0.1) is 6.04 Å². The lowest BCUT2D eigenvalue weighted by atomic mass is 10.1. The van der Waals surface area contributed by atoms with Crippen LogP contribution in [0.3, 0.4) is 0 Å². The van der Waals surface area contributed by atoms with Gasteiger partial charge in [-0.15, -0.1) is 11.3 Å². The highest BCUT2D eigenvalue weighted by Gasteiger charge is 2.30. The van der Waals surface area contributed by atoms with Gasteiger partial charge in [0.15, 0.2) is 5.11 Å². The molecule has 0 spiro atoms. The normalized spacial score (nSPS) is 18.0. The first-order chi connectivity index (χ1) is 13.1. The van der Waals surface area contributed by atoms with E-state index in [4.69, 9.17) is 23.8 Å². The van der Waals surface area contributed by atoms with E-state index in [0.717, 1.165) is 38.4 Å². The number of piperazine rings is 1. The van der Waals surface area contributed by atoms with Crippen molar-refractivity contribution < 1.29 is 0 Å². The zero-order valence-electron chi connectivity index (χ0n) is 15.8. The summed E-state index contributed by atoms with van der Waals surface area (Å²) in [6.45, 7) is 9.97. The highest BCUT2D eigenvalue weighted by atomic mass is 35.5. The van der Waals surface area contributed by atoms with Gasteiger partial charge in [-0.2, -0.15) is 0 Å². The largest absolute Gasteiger partial charge is 0.358 e.